The second-order valence-corrected chi connectivity index (χ2v) is 7.09. The van der Waals surface area contributed by atoms with Gasteiger partial charge in [-0.2, -0.15) is 0 Å². The van der Waals surface area contributed by atoms with E-state index in [2.05, 4.69) is 28.3 Å². The summed E-state index contributed by atoms with van der Waals surface area (Å²) in [6, 6.07) is 5.77. The lowest BCUT2D eigenvalue weighted by molar-refractivity contribution is -0.118. The third kappa shape index (κ3) is 3.92. The van der Waals surface area contributed by atoms with Crippen molar-refractivity contribution in [1.29, 1.82) is 0 Å². The largest absolute Gasteiger partial charge is 0.467 e. The summed E-state index contributed by atoms with van der Waals surface area (Å²) >= 11 is 3.14. The van der Waals surface area contributed by atoms with E-state index >= 15 is 0 Å². The van der Waals surface area contributed by atoms with Crippen LogP contribution in [0.4, 0.5) is 0 Å². The molecule has 1 N–H and O–H groups in total. The van der Waals surface area contributed by atoms with Gasteiger partial charge in [-0.15, -0.1) is 11.3 Å². The number of rotatable bonds is 6. The Kier molecular flexibility index (Phi) is 4.97. The molecule has 0 spiro atoms. The van der Waals surface area contributed by atoms with Crippen molar-refractivity contribution in [3.63, 3.8) is 0 Å². The highest BCUT2D eigenvalue weighted by molar-refractivity contribution is 8.00. The minimum Gasteiger partial charge on any atom is -0.467 e. The molecule has 23 heavy (non-hydrogen) atoms. The molecular weight excluding hydrogens is 330 g/mol. The van der Waals surface area contributed by atoms with E-state index in [0.29, 0.717) is 12.3 Å². The highest BCUT2D eigenvalue weighted by Gasteiger charge is 2.12. The van der Waals surface area contributed by atoms with Crippen LogP contribution in [0, 0.1) is 6.92 Å². The van der Waals surface area contributed by atoms with E-state index in [4.69, 9.17) is 4.42 Å². The fourth-order valence-corrected chi connectivity index (χ4v) is 4.07. The van der Waals surface area contributed by atoms with Gasteiger partial charge >= 0.3 is 0 Å². The van der Waals surface area contributed by atoms with E-state index in [-0.39, 0.29) is 5.91 Å². The van der Waals surface area contributed by atoms with E-state index in [1.165, 1.54) is 16.6 Å². The van der Waals surface area contributed by atoms with Gasteiger partial charge in [-0.1, -0.05) is 18.7 Å². The summed E-state index contributed by atoms with van der Waals surface area (Å²) in [6.45, 7) is 4.41. The normalized spacial score (nSPS) is 11.0. The molecule has 0 fully saturated rings. The van der Waals surface area contributed by atoms with Gasteiger partial charge < -0.3 is 9.73 Å². The standard InChI is InChI=1S/C16H17N3O2S2/c1-3-12-7-13-15(18-10(2)19-16(13)23-12)22-9-14(20)17-8-11-5-4-6-21-11/h4-7H,3,8-9H2,1-2H3,(H,17,20). The third-order valence-electron chi connectivity index (χ3n) is 3.25. The number of nitrogens with one attached hydrogen (secondary N) is 1. The number of amides is 1. The minimum absolute atomic E-state index is 0.0400. The lowest BCUT2D eigenvalue weighted by Crippen LogP contribution is -2.24. The number of nitrogens with zero attached hydrogens (tertiary/aromatic N) is 2. The van der Waals surface area contributed by atoms with Gasteiger partial charge in [0.2, 0.25) is 5.91 Å². The van der Waals surface area contributed by atoms with Gasteiger partial charge in [0.05, 0.1) is 18.6 Å². The molecular formula is C16H17N3O2S2. The van der Waals surface area contributed by atoms with Crippen LogP contribution in [0.2, 0.25) is 0 Å². The first kappa shape index (κ1) is 16.0. The Morgan fingerprint density at radius 2 is 2.30 bits per heavy atom. The fourth-order valence-electron chi connectivity index (χ4n) is 2.11. The van der Waals surface area contributed by atoms with Crippen LogP contribution in [0.15, 0.2) is 33.9 Å². The molecule has 0 saturated heterocycles. The van der Waals surface area contributed by atoms with E-state index < -0.39 is 0 Å². The maximum atomic E-state index is 12.0. The Morgan fingerprint density at radius 1 is 1.43 bits per heavy atom. The predicted molar refractivity (Wildman–Crippen MR) is 92.8 cm³/mol. The number of carbonyl (C=O) groups is 1. The first-order valence-electron chi connectivity index (χ1n) is 7.34. The summed E-state index contributed by atoms with van der Waals surface area (Å²) in [4.78, 5) is 23.2. The molecule has 0 radical (unpaired) electrons. The smallest absolute Gasteiger partial charge is 0.230 e. The van der Waals surface area contributed by atoms with Crippen molar-refractivity contribution in [3.05, 3.63) is 40.9 Å². The SMILES string of the molecule is CCc1cc2c(SCC(=O)NCc3ccco3)nc(C)nc2s1. The van der Waals surface area contributed by atoms with E-state index in [9.17, 15) is 4.79 Å². The Labute approximate surface area is 142 Å². The summed E-state index contributed by atoms with van der Waals surface area (Å²) in [5.41, 5.74) is 0. The van der Waals surface area contributed by atoms with Crippen molar-refractivity contribution in [1.82, 2.24) is 15.3 Å². The Morgan fingerprint density at radius 3 is 3.04 bits per heavy atom. The van der Waals surface area contributed by atoms with Crippen LogP contribution < -0.4 is 5.32 Å². The molecule has 5 nitrogen and oxygen atoms in total. The molecule has 120 valence electrons. The molecule has 0 aliphatic carbocycles. The van der Waals surface area contributed by atoms with Gasteiger partial charge in [-0.05, 0) is 31.5 Å². The first-order chi connectivity index (χ1) is 11.2. The van der Waals surface area contributed by atoms with Crippen molar-refractivity contribution in [2.45, 2.75) is 31.8 Å². The zero-order chi connectivity index (χ0) is 16.2. The van der Waals surface area contributed by atoms with Crippen LogP contribution in [-0.2, 0) is 17.8 Å². The highest BCUT2D eigenvalue weighted by atomic mass is 32.2. The summed E-state index contributed by atoms with van der Waals surface area (Å²) in [6.07, 6.45) is 2.58. The molecule has 3 heterocycles. The molecule has 1 amide bonds. The number of hydrogen-bond acceptors (Lipinski definition) is 6. The van der Waals surface area contributed by atoms with Crippen molar-refractivity contribution >= 4 is 39.2 Å². The van der Waals surface area contributed by atoms with Gasteiger partial charge in [0.1, 0.15) is 21.4 Å². The number of aryl methyl sites for hydroxylation is 2. The van der Waals surface area contributed by atoms with Crippen LogP contribution in [0.1, 0.15) is 23.4 Å². The minimum atomic E-state index is -0.0400. The molecule has 0 saturated carbocycles. The average molecular weight is 347 g/mol. The molecule has 0 aliphatic heterocycles. The van der Waals surface area contributed by atoms with Crippen LogP contribution in [0.5, 0.6) is 0 Å². The number of carbonyl (C=O) groups excluding carboxylic acids is 1. The Bertz CT molecular complexity index is 812. The van der Waals surface area contributed by atoms with Crippen LogP contribution >= 0.6 is 23.1 Å². The number of fused-ring (bicyclic) bond motifs is 1. The van der Waals surface area contributed by atoms with Crippen molar-refractivity contribution in [2.24, 2.45) is 0 Å². The van der Waals surface area contributed by atoms with Crippen LogP contribution in [-0.4, -0.2) is 21.6 Å². The molecule has 0 bridgehead atoms. The molecule has 3 aromatic heterocycles. The summed E-state index contributed by atoms with van der Waals surface area (Å²) in [7, 11) is 0. The van der Waals surface area contributed by atoms with Crippen LogP contribution in [0.25, 0.3) is 10.2 Å². The number of thiophene rings is 1. The lowest BCUT2D eigenvalue weighted by Gasteiger charge is -2.05. The molecule has 0 aromatic carbocycles. The highest BCUT2D eigenvalue weighted by Crippen LogP contribution is 2.31. The monoisotopic (exact) mass is 347 g/mol. The maximum absolute atomic E-state index is 12.0. The van der Waals surface area contributed by atoms with Crippen LogP contribution in [0.3, 0.4) is 0 Å². The zero-order valence-corrected chi connectivity index (χ0v) is 14.6. The molecule has 0 atom stereocenters. The van der Waals surface area contributed by atoms with Crippen molar-refractivity contribution < 1.29 is 9.21 Å². The number of aromatic nitrogens is 2. The molecule has 0 unspecified atom stereocenters. The van der Waals surface area contributed by atoms with E-state index in [1.807, 2.05) is 13.0 Å². The van der Waals surface area contributed by atoms with Gasteiger partial charge in [0.15, 0.2) is 0 Å². The fraction of sp³-hybridized carbons (Fsp3) is 0.312. The summed E-state index contributed by atoms with van der Waals surface area (Å²) in [5.74, 6) is 1.76. The van der Waals surface area contributed by atoms with Crippen molar-refractivity contribution in [3.8, 4) is 0 Å². The first-order valence-corrected chi connectivity index (χ1v) is 9.15. The summed E-state index contributed by atoms with van der Waals surface area (Å²) < 4.78 is 5.19. The Hall–Kier alpha value is -1.86. The topological polar surface area (TPSA) is 68.0 Å². The molecule has 3 rings (SSSR count). The lowest BCUT2D eigenvalue weighted by atomic mass is 10.3. The third-order valence-corrected chi connectivity index (χ3v) is 5.41. The quantitative estimate of drug-likeness (QED) is 0.545. The van der Waals surface area contributed by atoms with Gasteiger partial charge in [0.25, 0.3) is 0 Å². The second-order valence-electron chi connectivity index (χ2n) is 5.01. The number of thioether (sulfide) groups is 1. The van der Waals surface area contributed by atoms with Gasteiger partial charge in [0, 0.05) is 10.3 Å². The second kappa shape index (κ2) is 7.14. The van der Waals surface area contributed by atoms with Gasteiger partial charge in [-0.25, -0.2) is 9.97 Å². The zero-order valence-electron chi connectivity index (χ0n) is 13.0. The van der Waals surface area contributed by atoms with E-state index in [1.54, 1.807) is 23.7 Å². The molecule has 7 heteroatoms. The van der Waals surface area contributed by atoms with Crippen molar-refractivity contribution in [2.75, 3.05) is 5.75 Å². The average Bonchev–Trinajstić information content (AvgIpc) is 3.19. The maximum Gasteiger partial charge on any atom is 0.230 e. The molecule has 3 aromatic rings. The number of hydrogen-bond donors (Lipinski definition) is 1. The van der Waals surface area contributed by atoms with E-state index in [0.717, 1.165) is 33.2 Å². The predicted octanol–water partition coefficient (Wildman–Crippen LogP) is 3.56. The number of furan rings is 1. The molecule has 0 aliphatic rings. The summed E-state index contributed by atoms with van der Waals surface area (Å²) in [5, 5.41) is 4.75. The Balaban J connectivity index is 1.66. The van der Waals surface area contributed by atoms with Gasteiger partial charge in [-0.3, -0.25) is 4.79 Å².